The van der Waals surface area contributed by atoms with Crippen LogP contribution in [0.25, 0.3) is 0 Å². The third kappa shape index (κ3) is 4.07. The number of benzene rings is 2. The number of amides is 1. The molecule has 1 N–H and O–H groups in total. The lowest BCUT2D eigenvalue weighted by atomic mass is 10.1. The topological polar surface area (TPSA) is 66.5 Å². The predicted octanol–water partition coefficient (Wildman–Crippen LogP) is 3.60. The van der Waals surface area contributed by atoms with Crippen LogP contribution in [0.1, 0.15) is 21.5 Å². The molecule has 0 aliphatic rings. The summed E-state index contributed by atoms with van der Waals surface area (Å²) in [6.07, 6.45) is 1.10. The van der Waals surface area contributed by atoms with Crippen LogP contribution in [0.3, 0.4) is 0 Å². The van der Waals surface area contributed by atoms with Crippen LogP contribution >= 0.6 is 11.6 Å². The molecule has 2 aromatic rings. The van der Waals surface area contributed by atoms with E-state index in [0.717, 1.165) is 21.7 Å². The van der Waals surface area contributed by atoms with E-state index in [1.807, 2.05) is 32.0 Å². The zero-order chi connectivity index (χ0) is 18.1. The quantitative estimate of drug-likeness (QED) is 0.898. The van der Waals surface area contributed by atoms with Gasteiger partial charge in [0.1, 0.15) is 0 Å². The summed E-state index contributed by atoms with van der Waals surface area (Å²) in [4.78, 5) is 12.4. The van der Waals surface area contributed by atoms with Crippen molar-refractivity contribution in [3.8, 4) is 0 Å². The van der Waals surface area contributed by atoms with E-state index < -0.39 is 10.0 Å². The summed E-state index contributed by atoms with van der Waals surface area (Å²) in [6.45, 7) is 3.96. The third-order valence-corrected chi connectivity index (χ3v) is 5.34. The largest absolute Gasteiger partial charge is 0.322 e. The molecule has 128 valence electrons. The number of rotatable bonds is 4. The van der Waals surface area contributed by atoms with E-state index in [0.29, 0.717) is 11.4 Å². The van der Waals surface area contributed by atoms with Crippen LogP contribution in [0.4, 0.5) is 11.4 Å². The van der Waals surface area contributed by atoms with Gasteiger partial charge in [0.2, 0.25) is 10.0 Å². The summed E-state index contributed by atoms with van der Waals surface area (Å²) < 4.78 is 24.2. The Hall–Kier alpha value is -2.05. The molecule has 0 heterocycles. The maximum Gasteiger partial charge on any atom is 0.257 e. The average molecular weight is 367 g/mol. The lowest BCUT2D eigenvalue weighted by Gasteiger charge is -2.17. The van der Waals surface area contributed by atoms with Gasteiger partial charge in [-0.1, -0.05) is 17.7 Å². The van der Waals surface area contributed by atoms with Crippen LogP contribution in [0.2, 0.25) is 5.02 Å². The van der Waals surface area contributed by atoms with E-state index in [2.05, 4.69) is 5.32 Å². The Morgan fingerprint density at radius 3 is 2.29 bits per heavy atom. The number of carbonyl (C=O) groups excluding carboxylic acids is 1. The van der Waals surface area contributed by atoms with E-state index in [-0.39, 0.29) is 16.5 Å². The molecular weight excluding hydrogens is 348 g/mol. The predicted molar refractivity (Wildman–Crippen MR) is 98.6 cm³/mol. The van der Waals surface area contributed by atoms with Crippen LogP contribution in [-0.2, 0) is 10.0 Å². The van der Waals surface area contributed by atoms with Crippen molar-refractivity contribution in [1.29, 1.82) is 0 Å². The standard InChI is InChI=1S/C17H19ClN2O3S/c1-11-5-6-13(9-12(11)2)19-17(21)15-8-7-14(10-16(15)18)20(3)24(4,22)23/h5-10H,1-4H3,(H,19,21). The van der Waals surface area contributed by atoms with E-state index in [4.69, 9.17) is 11.6 Å². The Morgan fingerprint density at radius 2 is 1.75 bits per heavy atom. The third-order valence-electron chi connectivity index (χ3n) is 3.82. The Kier molecular flexibility index (Phi) is 5.20. The highest BCUT2D eigenvalue weighted by molar-refractivity contribution is 7.92. The molecular formula is C17H19ClN2O3S. The highest BCUT2D eigenvalue weighted by Gasteiger charge is 2.16. The van der Waals surface area contributed by atoms with Gasteiger partial charge < -0.3 is 5.32 Å². The van der Waals surface area contributed by atoms with Gasteiger partial charge in [-0.05, 0) is 55.3 Å². The number of nitrogens with zero attached hydrogens (tertiary/aromatic N) is 1. The molecule has 0 unspecified atom stereocenters. The molecule has 0 aliphatic carbocycles. The Balaban J connectivity index is 2.25. The summed E-state index contributed by atoms with van der Waals surface area (Å²) in [5.74, 6) is -0.350. The Morgan fingerprint density at radius 1 is 1.08 bits per heavy atom. The number of aryl methyl sites for hydroxylation is 2. The molecule has 0 radical (unpaired) electrons. The SMILES string of the molecule is Cc1ccc(NC(=O)c2ccc(N(C)S(C)(=O)=O)cc2Cl)cc1C. The first-order valence-corrected chi connectivity index (χ1v) is 9.44. The maximum atomic E-state index is 12.4. The zero-order valence-electron chi connectivity index (χ0n) is 13.9. The molecule has 0 aromatic heterocycles. The van der Waals surface area contributed by atoms with Gasteiger partial charge in [0.25, 0.3) is 5.91 Å². The van der Waals surface area contributed by atoms with Crippen molar-refractivity contribution in [2.75, 3.05) is 22.9 Å². The lowest BCUT2D eigenvalue weighted by Crippen LogP contribution is -2.25. The van der Waals surface area contributed by atoms with E-state index in [1.165, 1.54) is 19.2 Å². The zero-order valence-corrected chi connectivity index (χ0v) is 15.5. The Bertz CT molecular complexity index is 895. The number of nitrogens with one attached hydrogen (secondary N) is 1. The molecule has 2 aromatic carbocycles. The second-order valence-electron chi connectivity index (χ2n) is 5.65. The molecule has 7 heteroatoms. The van der Waals surface area contributed by atoms with Crippen molar-refractivity contribution in [2.24, 2.45) is 0 Å². The molecule has 0 bridgehead atoms. The van der Waals surface area contributed by atoms with E-state index >= 15 is 0 Å². The van der Waals surface area contributed by atoms with Gasteiger partial charge in [-0.15, -0.1) is 0 Å². The van der Waals surface area contributed by atoms with Crippen LogP contribution in [0, 0.1) is 13.8 Å². The first-order valence-electron chi connectivity index (χ1n) is 7.21. The summed E-state index contributed by atoms with van der Waals surface area (Å²) in [6, 6.07) is 10.1. The smallest absolute Gasteiger partial charge is 0.257 e. The van der Waals surface area contributed by atoms with Crippen molar-refractivity contribution in [3.63, 3.8) is 0 Å². The van der Waals surface area contributed by atoms with Crippen molar-refractivity contribution in [2.45, 2.75) is 13.8 Å². The fourth-order valence-corrected chi connectivity index (χ4v) is 2.85. The number of sulfonamides is 1. The molecule has 5 nitrogen and oxygen atoms in total. The number of hydrogen-bond acceptors (Lipinski definition) is 3. The van der Waals surface area contributed by atoms with Gasteiger partial charge in [0, 0.05) is 12.7 Å². The monoisotopic (exact) mass is 366 g/mol. The van der Waals surface area contributed by atoms with Crippen molar-refractivity contribution < 1.29 is 13.2 Å². The number of hydrogen-bond donors (Lipinski definition) is 1. The van der Waals surface area contributed by atoms with Crippen LogP contribution in [0.15, 0.2) is 36.4 Å². The van der Waals surface area contributed by atoms with Crippen molar-refractivity contribution in [1.82, 2.24) is 0 Å². The fraction of sp³-hybridized carbons (Fsp3) is 0.235. The van der Waals surface area contributed by atoms with Gasteiger partial charge >= 0.3 is 0 Å². The molecule has 0 saturated carbocycles. The number of halogens is 1. The molecule has 0 aliphatic heterocycles. The van der Waals surface area contributed by atoms with Crippen LogP contribution in [0.5, 0.6) is 0 Å². The molecule has 0 saturated heterocycles. The van der Waals surface area contributed by atoms with Crippen LogP contribution < -0.4 is 9.62 Å². The number of anilines is 2. The molecule has 0 spiro atoms. The minimum atomic E-state index is -3.39. The van der Waals surface area contributed by atoms with Gasteiger partial charge in [-0.25, -0.2) is 8.42 Å². The highest BCUT2D eigenvalue weighted by atomic mass is 35.5. The second kappa shape index (κ2) is 6.83. The van der Waals surface area contributed by atoms with Gasteiger partial charge in [-0.2, -0.15) is 0 Å². The van der Waals surface area contributed by atoms with E-state index in [1.54, 1.807) is 6.07 Å². The average Bonchev–Trinajstić information content (AvgIpc) is 2.49. The first-order chi connectivity index (χ1) is 11.1. The highest BCUT2D eigenvalue weighted by Crippen LogP contribution is 2.25. The van der Waals surface area contributed by atoms with Gasteiger partial charge in [0.05, 0.1) is 22.5 Å². The number of carbonyl (C=O) groups is 1. The summed E-state index contributed by atoms with van der Waals surface area (Å²) in [5, 5.41) is 2.98. The first kappa shape index (κ1) is 18.3. The fourth-order valence-electron chi connectivity index (χ4n) is 2.09. The molecule has 24 heavy (non-hydrogen) atoms. The van der Waals surface area contributed by atoms with Crippen LogP contribution in [-0.4, -0.2) is 27.6 Å². The van der Waals surface area contributed by atoms with E-state index in [9.17, 15) is 13.2 Å². The lowest BCUT2D eigenvalue weighted by molar-refractivity contribution is 0.102. The maximum absolute atomic E-state index is 12.4. The minimum Gasteiger partial charge on any atom is -0.322 e. The van der Waals surface area contributed by atoms with Gasteiger partial charge in [-0.3, -0.25) is 9.10 Å². The Labute approximate surface area is 147 Å². The summed E-state index contributed by atoms with van der Waals surface area (Å²) >= 11 is 6.16. The summed E-state index contributed by atoms with van der Waals surface area (Å²) in [5.41, 5.74) is 3.56. The minimum absolute atomic E-state index is 0.185. The molecule has 1 amide bonds. The molecule has 0 fully saturated rings. The van der Waals surface area contributed by atoms with Crippen molar-refractivity contribution in [3.05, 3.63) is 58.1 Å². The normalized spacial score (nSPS) is 11.2. The molecule has 2 rings (SSSR count). The molecule has 0 atom stereocenters. The second-order valence-corrected chi connectivity index (χ2v) is 8.07. The summed E-state index contributed by atoms with van der Waals surface area (Å²) in [7, 11) is -1.96. The van der Waals surface area contributed by atoms with Crippen molar-refractivity contribution >= 4 is 38.9 Å². The van der Waals surface area contributed by atoms with Gasteiger partial charge in [0.15, 0.2) is 0 Å².